The summed E-state index contributed by atoms with van der Waals surface area (Å²) in [6.45, 7) is 1.82. The van der Waals surface area contributed by atoms with Crippen LogP contribution in [-0.2, 0) is 0 Å². The molecule has 0 saturated carbocycles. The van der Waals surface area contributed by atoms with Crippen LogP contribution < -0.4 is 0 Å². The van der Waals surface area contributed by atoms with Gasteiger partial charge in [-0.1, -0.05) is 34.8 Å². The van der Waals surface area contributed by atoms with E-state index in [1.165, 1.54) is 6.07 Å². The second-order valence-electron chi connectivity index (χ2n) is 4.22. The number of rotatable bonds is 1. The van der Waals surface area contributed by atoms with E-state index in [0.29, 0.717) is 37.7 Å². The molecule has 0 saturated heterocycles. The van der Waals surface area contributed by atoms with Gasteiger partial charge in [0.1, 0.15) is 11.3 Å². The van der Waals surface area contributed by atoms with Gasteiger partial charge in [0, 0.05) is 6.07 Å². The Hall–Kier alpha value is -1.49. The molecule has 0 amide bonds. The molecule has 3 aromatic rings. The third kappa shape index (κ3) is 2.10. The van der Waals surface area contributed by atoms with Crippen molar-refractivity contribution in [2.24, 2.45) is 0 Å². The number of imidazole rings is 1. The molecule has 3 rings (SSSR count). The Morgan fingerprint density at radius 3 is 2.45 bits per heavy atom. The first-order valence-corrected chi connectivity index (χ1v) is 6.81. The van der Waals surface area contributed by atoms with E-state index in [9.17, 15) is 5.11 Å². The normalized spacial score (nSPS) is 11.2. The van der Waals surface area contributed by atoms with Crippen molar-refractivity contribution in [3.05, 3.63) is 45.2 Å². The van der Waals surface area contributed by atoms with Crippen LogP contribution in [0, 0.1) is 6.92 Å². The van der Waals surface area contributed by atoms with E-state index >= 15 is 0 Å². The topological polar surface area (TPSA) is 50.9 Å². The summed E-state index contributed by atoms with van der Waals surface area (Å²) in [4.78, 5) is 8.47. The van der Waals surface area contributed by atoms with E-state index in [0.717, 1.165) is 0 Å². The van der Waals surface area contributed by atoms with Crippen molar-refractivity contribution in [3.63, 3.8) is 0 Å². The van der Waals surface area contributed by atoms with E-state index in [-0.39, 0.29) is 5.88 Å². The summed E-state index contributed by atoms with van der Waals surface area (Å²) >= 11 is 18.2. The molecule has 1 aromatic carbocycles. The molecule has 0 radical (unpaired) electrons. The number of aromatic hydroxyl groups is 1. The summed E-state index contributed by atoms with van der Waals surface area (Å²) in [6, 6.07) is 6.38. The summed E-state index contributed by atoms with van der Waals surface area (Å²) < 4.78 is 1.72. The van der Waals surface area contributed by atoms with Gasteiger partial charge >= 0.3 is 0 Å². The number of benzene rings is 1. The molecule has 102 valence electrons. The zero-order valence-corrected chi connectivity index (χ0v) is 12.5. The number of halogens is 3. The Labute approximate surface area is 129 Å². The minimum absolute atomic E-state index is 0.0881. The van der Waals surface area contributed by atoms with E-state index in [4.69, 9.17) is 34.8 Å². The molecule has 1 N–H and O–H groups in total. The lowest BCUT2D eigenvalue weighted by atomic mass is 10.3. The summed E-state index contributed by atoms with van der Waals surface area (Å²) in [7, 11) is 0. The molecule has 0 aliphatic carbocycles. The summed E-state index contributed by atoms with van der Waals surface area (Å²) in [5, 5.41) is 10.7. The van der Waals surface area contributed by atoms with Crippen LogP contribution in [0.25, 0.3) is 16.9 Å². The van der Waals surface area contributed by atoms with Crippen molar-refractivity contribution in [2.45, 2.75) is 6.92 Å². The van der Waals surface area contributed by atoms with E-state index in [1.54, 1.807) is 22.8 Å². The predicted molar refractivity (Wildman–Crippen MR) is 80.3 cm³/mol. The zero-order valence-electron chi connectivity index (χ0n) is 10.2. The van der Waals surface area contributed by atoms with Crippen LogP contribution >= 0.6 is 34.8 Å². The number of hydrogen-bond donors (Lipinski definition) is 1. The Bertz CT molecular complexity index is 829. The smallest absolute Gasteiger partial charge is 0.212 e. The lowest BCUT2D eigenvalue weighted by molar-refractivity contribution is 0.455. The number of fused-ring (bicyclic) bond motifs is 1. The fraction of sp³-hybridized carbons (Fsp3) is 0.0769. The average Bonchev–Trinajstić information content (AvgIpc) is 2.69. The molecular weight excluding hydrogens is 321 g/mol. The van der Waals surface area contributed by atoms with E-state index in [1.807, 2.05) is 6.92 Å². The van der Waals surface area contributed by atoms with Gasteiger partial charge in [-0.3, -0.25) is 4.57 Å². The van der Waals surface area contributed by atoms with Crippen LogP contribution in [0.4, 0.5) is 0 Å². The summed E-state index contributed by atoms with van der Waals surface area (Å²) in [6.07, 6.45) is 0. The van der Waals surface area contributed by atoms with Crippen LogP contribution in [-0.4, -0.2) is 19.6 Å². The fourth-order valence-corrected chi connectivity index (χ4v) is 2.66. The van der Waals surface area contributed by atoms with Gasteiger partial charge in [0.2, 0.25) is 5.88 Å². The Kier molecular flexibility index (Phi) is 3.24. The molecule has 0 bridgehead atoms. The second-order valence-corrected chi connectivity index (χ2v) is 5.45. The maximum Gasteiger partial charge on any atom is 0.212 e. The summed E-state index contributed by atoms with van der Waals surface area (Å²) in [5.74, 6) is 0.591. The van der Waals surface area contributed by atoms with Crippen LogP contribution in [0.2, 0.25) is 15.1 Å². The number of hydrogen-bond acceptors (Lipinski definition) is 3. The van der Waals surface area contributed by atoms with Gasteiger partial charge in [-0.25, -0.2) is 4.98 Å². The minimum Gasteiger partial charge on any atom is -0.493 e. The first-order chi connectivity index (χ1) is 9.47. The molecule has 2 aromatic heterocycles. The van der Waals surface area contributed by atoms with Crippen LogP contribution in [0.1, 0.15) is 5.82 Å². The third-order valence-electron chi connectivity index (χ3n) is 2.89. The van der Waals surface area contributed by atoms with Gasteiger partial charge in [-0.05, 0) is 25.1 Å². The first-order valence-electron chi connectivity index (χ1n) is 5.67. The highest BCUT2D eigenvalue weighted by Gasteiger charge is 2.15. The van der Waals surface area contributed by atoms with E-state index < -0.39 is 0 Å². The van der Waals surface area contributed by atoms with Crippen molar-refractivity contribution >= 4 is 46.0 Å². The highest BCUT2D eigenvalue weighted by molar-refractivity contribution is 6.43. The largest absolute Gasteiger partial charge is 0.493 e. The molecule has 0 aliphatic rings. The zero-order chi connectivity index (χ0) is 14.4. The van der Waals surface area contributed by atoms with Crippen molar-refractivity contribution in [1.29, 1.82) is 0 Å². The standard InChI is InChI=1S/C13H8Cl3N3O/c1-6-17-10-2-3-12(20)18-13(10)19(6)11-5-8(15)7(14)4-9(11)16/h2-5H,1H3,(H,18,20). The minimum atomic E-state index is -0.0881. The molecule has 0 spiro atoms. The molecule has 0 aliphatic heterocycles. The van der Waals surface area contributed by atoms with Crippen LogP contribution in [0.5, 0.6) is 5.88 Å². The Balaban J connectivity index is 2.37. The Morgan fingerprint density at radius 1 is 1.00 bits per heavy atom. The molecule has 20 heavy (non-hydrogen) atoms. The van der Waals surface area contributed by atoms with Gasteiger partial charge < -0.3 is 5.11 Å². The summed E-state index contributed by atoms with van der Waals surface area (Å²) in [5.41, 5.74) is 1.77. The fourth-order valence-electron chi connectivity index (χ4n) is 2.03. The molecular formula is C13H8Cl3N3O. The van der Waals surface area contributed by atoms with Gasteiger partial charge in [0.25, 0.3) is 0 Å². The molecule has 2 heterocycles. The number of aryl methyl sites for hydroxylation is 1. The lowest BCUT2D eigenvalue weighted by Gasteiger charge is -2.10. The molecule has 0 fully saturated rings. The van der Waals surface area contributed by atoms with E-state index in [2.05, 4.69) is 9.97 Å². The SMILES string of the molecule is Cc1nc2ccc(O)nc2n1-c1cc(Cl)c(Cl)cc1Cl. The second kappa shape index (κ2) is 4.81. The lowest BCUT2D eigenvalue weighted by Crippen LogP contribution is -1.99. The van der Waals surface area contributed by atoms with Gasteiger partial charge in [-0.15, -0.1) is 0 Å². The quantitative estimate of drug-likeness (QED) is 0.674. The number of nitrogens with zero attached hydrogens (tertiary/aromatic N) is 3. The number of pyridine rings is 1. The monoisotopic (exact) mass is 327 g/mol. The van der Waals surface area contributed by atoms with Crippen molar-refractivity contribution in [3.8, 4) is 11.6 Å². The van der Waals surface area contributed by atoms with Gasteiger partial charge in [0.05, 0.1) is 20.8 Å². The highest BCUT2D eigenvalue weighted by atomic mass is 35.5. The van der Waals surface area contributed by atoms with Crippen molar-refractivity contribution in [1.82, 2.24) is 14.5 Å². The number of aromatic nitrogens is 3. The van der Waals surface area contributed by atoms with Crippen molar-refractivity contribution < 1.29 is 5.11 Å². The average molecular weight is 329 g/mol. The molecule has 4 nitrogen and oxygen atoms in total. The van der Waals surface area contributed by atoms with Gasteiger partial charge in [-0.2, -0.15) is 4.98 Å². The van der Waals surface area contributed by atoms with Crippen molar-refractivity contribution in [2.75, 3.05) is 0 Å². The van der Waals surface area contributed by atoms with Crippen LogP contribution in [0.15, 0.2) is 24.3 Å². The maximum absolute atomic E-state index is 9.55. The van der Waals surface area contributed by atoms with Gasteiger partial charge in [0.15, 0.2) is 5.65 Å². The molecule has 0 unspecified atom stereocenters. The molecule has 0 atom stereocenters. The maximum atomic E-state index is 9.55. The molecule has 7 heteroatoms. The Morgan fingerprint density at radius 2 is 1.70 bits per heavy atom. The third-order valence-corrected chi connectivity index (χ3v) is 3.91. The van der Waals surface area contributed by atoms with Crippen LogP contribution in [0.3, 0.4) is 0 Å². The first kappa shape index (κ1) is 13.5. The predicted octanol–water partition coefficient (Wildman–Crippen LogP) is 4.39. The highest BCUT2D eigenvalue weighted by Crippen LogP contribution is 2.33.